The van der Waals surface area contributed by atoms with Crippen molar-refractivity contribution >= 4 is 15.7 Å². The normalized spacial score (nSPS) is 11.1. The van der Waals surface area contributed by atoms with Gasteiger partial charge in [-0.25, -0.2) is 8.42 Å². The number of ether oxygens (including phenoxy) is 2. The van der Waals surface area contributed by atoms with Crippen LogP contribution in [0.25, 0.3) is 0 Å². The van der Waals surface area contributed by atoms with E-state index in [1.807, 2.05) is 13.0 Å². The third-order valence-electron chi connectivity index (χ3n) is 3.27. The van der Waals surface area contributed by atoms with Gasteiger partial charge in [0, 0.05) is 6.07 Å². The number of anilines is 1. The molecule has 118 valence electrons. The van der Waals surface area contributed by atoms with Crippen molar-refractivity contribution < 1.29 is 17.9 Å². The Labute approximate surface area is 130 Å². The Kier molecular flexibility index (Phi) is 4.61. The minimum absolute atomic E-state index is 0.266. The van der Waals surface area contributed by atoms with Crippen LogP contribution in [0.4, 0.5) is 5.69 Å². The van der Waals surface area contributed by atoms with Crippen LogP contribution in [-0.4, -0.2) is 22.6 Å². The fourth-order valence-electron chi connectivity index (χ4n) is 2.11. The molecule has 0 radical (unpaired) electrons. The molecule has 0 unspecified atom stereocenters. The highest BCUT2D eigenvalue weighted by atomic mass is 32.2. The lowest BCUT2D eigenvalue weighted by Crippen LogP contribution is -2.14. The van der Waals surface area contributed by atoms with Crippen LogP contribution >= 0.6 is 0 Å². The molecule has 2 aromatic rings. The van der Waals surface area contributed by atoms with E-state index in [0.29, 0.717) is 22.7 Å². The second kappa shape index (κ2) is 6.27. The molecular formula is C16H19NO4S. The molecule has 0 spiro atoms. The summed E-state index contributed by atoms with van der Waals surface area (Å²) in [5.74, 6) is 1.00. The van der Waals surface area contributed by atoms with E-state index in [1.54, 1.807) is 37.3 Å². The SMILES string of the molecule is COc1ccc(NS(=O)(=O)c2cc(C)ccc2C)cc1OC. The van der Waals surface area contributed by atoms with Gasteiger partial charge in [-0.2, -0.15) is 0 Å². The van der Waals surface area contributed by atoms with Crippen molar-refractivity contribution in [3.63, 3.8) is 0 Å². The Morgan fingerprint density at radius 3 is 2.23 bits per heavy atom. The lowest BCUT2D eigenvalue weighted by atomic mass is 10.2. The van der Waals surface area contributed by atoms with Crippen LogP contribution in [-0.2, 0) is 10.0 Å². The monoisotopic (exact) mass is 321 g/mol. The van der Waals surface area contributed by atoms with Gasteiger partial charge in [-0.3, -0.25) is 4.72 Å². The van der Waals surface area contributed by atoms with Crippen LogP contribution in [0.3, 0.4) is 0 Å². The quantitative estimate of drug-likeness (QED) is 0.919. The zero-order chi connectivity index (χ0) is 16.3. The van der Waals surface area contributed by atoms with Gasteiger partial charge in [0.15, 0.2) is 11.5 Å². The largest absolute Gasteiger partial charge is 0.493 e. The fourth-order valence-corrected chi connectivity index (χ4v) is 3.49. The molecular weight excluding hydrogens is 302 g/mol. The van der Waals surface area contributed by atoms with E-state index in [1.165, 1.54) is 14.2 Å². The van der Waals surface area contributed by atoms with Gasteiger partial charge in [0.2, 0.25) is 0 Å². The summed E-state index contributed by atoms with van der Waals surface area (Å²) < 4.78 is 38.0. The second-order valence-electron chi connectivity index (χ2n) is 4.94. The maximum atomic E-state index is 12.5. The summed E-state index contributed by atoms with van der Waals surface area (Å²) in [7, 11) is -0.631. The van der Waals surface area contributed by atoms with E-state index in [-0.39, 0.29) is 4.90 Å². The number of sulfonamides is 1. The van der Waals surface area contributed by atoms with Crippen LogP contribution in [0, 0.1) is 13.8 Å². The molecule has 5 nitrogen and oxygen atoms in total. The van der Waals surface area contributed by atoms with Crippen molar-refractivity contribution in [3.8, 4) is 11.5 Å². The van der Waals surface area contributed by atoms with Gasteiger partial charge in [-0.1, -0.05) is 12.1 Å². The second-order valence-corrected chi connectivity index (χ2v) is 6.60. The van der Waals surface area contributed by atoms with Gasteiger partial charge >= 0.3 is 0 Å². The maximum Gasteiger partial charge on any atom is 0.262 e. The maximum absolute atomic E-state index is 12.5. The summed E-state index contributed by atoms with van der Waals surface area (Å²) in [5, 5.41) is 0. The molecule has 0 saturated heterocycles. The molecule has 22 heavy (non-hydrogen) atoms. The molecule has 0 amide bonds. The zero-order valence-corrected chi connectivity index (χ0v) is 13.8. The molecule has 2 rings (SSSR count). The summed E-state index contributed by atoms with van der Waals surface area (Å²) in [6.45, 7) is 3.62. The van der Waals surface area contributed by atoms with Gasteiger partial charge < -0.3 is 9.47 Å². The first-order valence-corrected chi connectivity index (χ1v) is 8.18. The number of benzene rings is 2. The summed E-state index contributed by atoms with van der Waals surface area (Å²) in [6, 6.07) is 10.2. The summed E-state index contributed by atoms with van der Waals surface area (Å²) in [5.41, 5.74) is 2.00. The molecule has 0 aliphatic rings. The van der Waals surface area contributed by atoms with Gasteiger partial charge in [-0.15, -0.1) is 0 Å². The molecule has 0 saturated carbocycles. The summed E-state index contributed by atoms with van der Waals surface area (Å²) in [4.78, 5) is 0.266. The number of methoxy groups -OCH3 is 2. The average Bonchev–Trinajstić information content (AvgIpc) is 2.49. The third kappa shape index (κ3) is 3.33. The highest BCUT2D eigenvalue weighted by Gasteiger charge is 2.18. The van der Waals surface area contributed by atoms with Crippen LogP contribution in [0.15, 0.2) is 41.3 Å². The number of hydrogen-bond acceptors (Lipinski definition) is 4. The van der Waals surface area contributed by atoms with E-state index in [4.69, 9.17) is 9.47 Å². The Morgan fingerprint density at radius 2 is 1.59 bits per heavy atom. The number of aryl methyl sites for hydroxylation is 2. The van der Waals surface area contributed by atoms with E-state index < -0.39 is 10.0 Å². The van der Waals surface area contributed by atoms with Crippen molar-refractivity contribution in [1.82, 2.24) is 0 Å². The Balaban J connectivity index is 2.39. The van der Waals surface area contributed by atoms with E-state index >= 15 is 0 Å². The molecule has 0 aromatic heterocycles. The molecule has 0 aliphatic heterocycles. The van der Waals surface area contributed by atoms with Crippen molar-refractivity contribution in [2.24, 2.45) is 0 Å². The molecule has 0 aliphatic carbocycles. The minimum Gasteiger partial charge on any atom is -0.493 e. The summed E-state index contributed by atoms with van der Waals surface area (Å²) in [6.07, 6.45) is 0. The van der Waals surface area contributed by atoms with Crippen LogP contribution < -0.4 is 14.2 Å². The Hall–Kier alpha value is -2.21. The average molecular weight is 321 g/mol. The number of rotatable bonds is 5. The molecule has 0 fully saturated rings. The van der Waals surface area contributed by atoms with Crippen molar-refractivity contribution in [3.05, 3.63) is 47.5 Å². The lowest BCUT2D eigenvalue weighted by Gasteiger charge is -2.13. The highest BCUT2D eigenvalue weighted by Crippen LogP contribution is 2.31. The Bertz CT molecular complexity index is 785. The minimum atomic E-state index is -3.66. The zero-order valence-electron chi connectivity index (χ0n) is 13.0. The first-order chi connectivity index (χ1) is 10.4. The van der Waals surface area contributed by atoms with Crippen LogP contribution in [0.5, 0.6) is 11.5 Å². The molecule has 1 N–H and O–H groups in total. The molecule has 0 bridgehead atoms. The fraction of sp³-hybridized carbons (Fsp3) is 0.250. The standard InChI is InChI=1S/C16H19NO4S/c1-11-5-6-12(2)16(9-11)22(18,19)17-13-7-8-14(20-3)15(10-13)21-4/h5-10,17H,1-4H3. The van der Waals surface area contributed by atoms with E-state index in [0.717, 1.165) is 5.56 Å². The van der Waals surface area contributed by atoms with Crippen LogP contribution in [0.1, 0.15) is 11.1 Å². The molecule has 0 atom stereocenters. The van der Waals surface area contributed by atoms with Crippen molar-refractivity contribution in [2.45, 2.75) is 18.7 Å². The predicted octanol–water partition coefficient (Wildman–Crippen LogP) is 3.12. The summed E-state index contributed by atoms with van der Waals surface area (Å²) >= 11 is 0. The first kappa shape index (κ1) is 16.2. The first-order valence-electron chi connectivity index (χ1n) is 6.69. The number of hydrogen-bond donors (Lipinski definition) is 1. The van der Waals surface area contributed by atoms with Gasteiger partial charge in [-0.05, 0) is 43.2 Å². The molecule has 6 heteroatoms. The highest BCUT2D eigenvalue weighted by molar-refractivity contribution is 7.92. The van der Waals surface area contributed by atoms with E-state index in [9.17, 15) is 8.42 Å². The van der Waals surface area contributed by atoms with E-state index in [2.05, 4.69) is 4.72 Å². The van der Waals surface area contributed by atoms with Crippen molar-refractivity contribution in [1.29, 1.82) is 0 Å². The van der Waals surface area contributed by atoms with Crippen LogP contribution in [0.2, 0.25) is 0 Å². The lowest BCUT2D eigenvalue weighted by molar-refractivity contribution is 0.355. The molecule has 0 heterocycles. The topological polar surface area (TPSA) is 64.6 Å². The van der Waals surface area contributed by atoms with Gasteiger partial charge in [0.25, 0.3) is 10.0 Å². The predicted molar refractivity (Wildman–Crippen MR) is 86.3 cm³/mol. The molecule has 2 aromatic carbocycles. The number of nitrogens with one attached hydrogen (secondary N) is 1. The van der Waals surface area contributed by atoms with Crippen molar-refractivity contribution in [2.75, 3.05) is 18.9 Å². The smallest absolute Gasteiger partial charge is 0.262 e. The Morgan fingerprint density at radius 1 is 0.909 bits per heavy atom. The van der Waals surface area contributed by atoms with Gasteiger partial charge in [0.05, 0.1) is 24.8 Å². The third-order valence-corrected chi connectivity index (χ3v) is 4.79. The van der Waals surface area contributed by atoms with Gasteiger partial charge in [0.1, 0.15) is 0 Å².